The molecule has 0 amide bonds. The highest BCUT2D eigenvalue weighted by molar-refractivity contribution is 7.89. The minimum Gasteiger partial charge on any atom is -0.497 e. The number of hydrogen-bond acceptors (Lipinski definition) is 6. The fraction of sp³-hybridized carbons (Fsp3) is 0.357. The molecule has 1 aliphatic heterocycles. The first kappa shape index (κ1) is 27.4. The maximum absolute atomic E-state index is 13.4. The number of aryl methyl sites for hydroxylation is 1. The van der Waals surface area contributed by atoms with E-state index in [9.17, 15) is 8.42 Å². The van der Waals surface area contributed by atoms with Crippen LogP contribution in [-0.2, 0) is 21.4 Å². The standard InChI is InChI=1S/C28H33ClN2O5S/c1-21-7-12-26(35-3)28(17-21)37(32,33)31-15-13-30(14-16-31)19-27(23-8-10-24(29)11-9-23)36-20-22-5-4-6-25(18-22)34-2/h4-12,17-18,27H,13-16,19-20H2,1-3H3/t27-/m1/s1. The first-order chi connectivity index (χ1) is 17.8. The second-order valence-electron chi connectivity index (χ2n) is 9.06. The van der Waals surface area contributed by atoms with Crippen LogP contribution in [0, 0.1) is 6.92 Å². The Bertz CT molecular complexity index is 1290. The molecule has 0 N–H and O–H groups in total. The zero-order valence-electron chi connectivity index (χ0n) is 21.4. The quantitative estimate of drug-likeness (QED) is 0.360. The van der Waals surface area contributed by atoms with Gasteiger partial charge in [0.05, 0.1) is 26.9 Å². The van der Waals surface area contributed by atoms with Crippen LogP contribution in [0.3, 0.4) is 0 Å². The number of rotatable bonds is 10. The Morgan fingerprint density at radius 1 is 0.919 bits per heavy atom. The summed E-state index contributed by atoms with van der Waals surface area (Å²) in [4.78, 5) is 2.45. The van der Waals surface area contributed by atoms with Gasteiger partial charge in [-0.05, 0) is 60.0 Å². The molecule has 0 bridgehead atoms. The average Bonchev–Trinajstić information content (AvgIpc) is 2.92. The Kier molecular flexibility index (Phi) is 9.10. The summed E-state index contributed by atoms with van der Waals surface area (Å²) in [5.74, 6) is 1.15. The number of piperazine rings is 1. The monoisotopic (exact) mass is 544 g/mol. The van der Waals surface area contributed by atoms with Gasteiger partial charge >= 0.3 is 0 Å². The molecule has 0 unspecified atom stereocenters. The molecule has 7 nitrogen and oxygen atoms in total. The molecule has 3 aromatic rings. The Balaban J connectivity index is 1.44. The molecule has 0 saturated carbocycles. The van der Waals surface area contributed by atoms with E-state index in [1.807, 2.05) is 61.5 Å². The Morgan fingerprint density at radius 3 is 2.32 bits per heavy atom. The number of halogens is 1. The molecule has 0 radical (unpaired) electrons. The Morgan fingerprint density at radius 2 is 1.65 bits per heavy atom. The van der Waals surface area contributed by atoms with Gasteiger partial charge in [0.1, 0.15) is 16.4 Å². The molecule has 0 aromatic heterocycles. The largest absolute Gasteiger partial charge is 0.497 e. The van der Waals surface area contributed by atoms with Crippen LogP contribution in [0.1, 0.15) is 22.8 Å². The number of hydrogen-bond donors (Lipinski definition) is 0. The molecule has 1 heterocycles. The number of nitrogens with zero attached hydrogens (tertiary/aromatic N) is 2. The summed E-state index contributed by atoms with van der Waals surface area (Å²) in [6.07, 6.45) is -0.205. The SMILES string of the molecule is COc1cccc(CO[C@H](CN2CCN(S(=O)(=O)c3cc(C)ccc3OC)CC2)c2ccc(Cl)cc2)c1. The Labute approximate surface area is 224 Å². The number of sulfonamides is 1. The lowest BCUT2D eigenvalue weighted by Crippen LogP contribution is -2.49. The number of methoxy groups -OCH3 is 2. The average molecular weight is 545 g/mol. The van der Waals surface area contributed by atoms with Gasteiger partial charge in [-0.15, -0.1) is 0 Å². The van der Waals surface area contributed by atoms with Crippen molar-refractivity contribution < 1.29 is 22.6 Å². The van der Waals surface area contributed by atoms with Crippen LogP contribution >= 0.6 is 11.6 Å². The van der Waals surface area contributed by atoms with Crippen LogP contribution in [0.25, 0.3) is 0 Å². The van der Waals surface area contributed by atoms with Crippen LogP contribution < -0.4 is 9.47 Å². The van der Waals surface area contributed by atoms with Crippen molar-refractivity contribution in [2.24, 2.45) is 0 Å². The smallest absolute Gasteiger partial charge is 0.246 e. The van der Waals surface area contributed by atoms with Crippen molar-refractivity contribution in [3.05, 3.63) is 88.4 Å². The van der Waals surface area contributed by atoms with Crippen molar-refractivity contribution in [2.45, 2.75) is 24.5 Å². The molecular formula is C28H33ClN2O5S. The van der Waals surface area contributed by atoms with Gasteiger partial charge in [0, 0.05) is 37.7 Å². The maximum atomic E-state index is 13.4. The summed E-state index contributed by atoms with van der Waals surface area (Å²) < 4.78 is 45.4. The zero-order chi connectivity index (χ0) is 26.4. The fourth-order valence-electron chi connectivity index (χ4n) is 4.40. The predicted octanol–water partition coefficient (Wildman–Crippen LogP) is 4.93. The van der Waals surface area contributed by atoms with Crippen LogP contribution in [0.4, 0.5) is 0 Å². The van der Waals surface area contributed by atoms with E-state index in [0.717, 1.165) is 22.4 Å². The van der Waals surface area contributed by atoms with Crippen molar-refractivity contribution in [1.82, 2.24) is 9.21 Å². The minimum absolute atomic E-state index is 0.205. The summed E-state index contributed by atoms with van der Waals surface area (Å²) in [6, 6.07) is 20.7. The van der Waals surface area contributed by atoms with Gasteiger partial charge in [0.15, 0.2) is 0 Å². The molecule has 3 aromatic carbocycles. The van der Waals surface area contributed by atoms with Crippen molar-refractivity contribution in [1.29, 1.82) is 0 Å². The van der Waals surface area contributed by atoms with E-state index >= 15 is 0 Å². The normalized spacial score (nSPS) is 15.9. The van der Waals surface area contributed by atoms with Crippen LogP contribution in [-0.4, -0.2) is 64.6 Å². The van der Waals surface area contributed by atoms with Gasteiger partial charge in [-0.1, -0.05) is 41.9 Å². The summed E-state index contributed by atoms with van der Waals surface area (Å²) in [5.41, 5.74) is 2.91. The molecule has 1 fully saturated rings. The zero-order valence-corrected chi connectivity index (χ0v) is 23.0. The highest BCUT2D eigenvalue weighted by Crippen LogP contribution is 2.29. The summed E-state index contributed by atoms with van der Waals surface area (Å²) in [7, 11) is -0.531. The van der Waals surface area contributed by atoms with Crippen LogP contribution in [0.2, 0.25) is 5.02 Å². The third kappa shape index (κ3) is 6.83. The van der Waals surface area contributed by atoms with Crippen LogP contribution in [0.5, 0.6) is 11.5 Å². The van der Waals surface area contributed by atoms with E-state index in [1.54, 1.807) is 19.2 Å². The molecule has 0 aliphatic carbocycles. The molecule has 198 valence electrons. The van der Waals surface area contributed by atoms with Crippen molar-refractivity contribution in [3.8, 4) is 11.5 Å². The summed E-state index contributed by atoms with van der Waals surface area (Å²) in [5, 5.41) is 0.667. The predicted molar refractivity (Wildman–Crippen MR) is 145 cm³/mol. The molecule has 1 saturated heterocycles. The van der Waals surface area contributed by atoms with Crippen molar-refractivity contribution in [2.75, 3.05) is 46.9 Å². The van der Waals surface area contributed by atoms with Gasteiger partial charge in [-0.3, -0.25) is 4.90 Å². The molecule has 9 heteroatoms. The lowest BCUT2D eigenvalue weighted by molar-refractivity contribution is 0.00767. The van der Waals surface area contributed by atoms with E-state index in [-0.39, 0.29) is 11.0 Å². The van der Waals surface area contributed by atoms with Crippen molar-refractivity contribution >= 4 is 21.6 Å². The second kappa shape index (κ2) is 12.3. The lowest BCUT2D eigenvalue weighted by Gasteiger charge is -2.36. The molecule has 1 aliphatic rings. The molecule has 37 heavy (non-hydrogen) atoms. The maximum Gasteiger partial charge on any atom is 0.246 e. The van der Waals surface area contributed by atoms with Gasteiger partial charge in [0.25, 0.3) is 0 Å². The van der Waals surface area contributed by atoms with E-state index < -0.39 is 10.0 Å². The second-order valence-corrected chi connectivity index (χ2v) is 11.4. The van der Waals surface area contributed by atoms with E-state index in [4.69, 9.17) is 25.8 Å². The molecule has 4 rings (SSSR count). The lowest BCUT2D eigenvalue weighted by atomic mass is 10.1. The van der Waals surface area contributed by atoms with Gasteiger partial charge in [0.2, 0.25) is 10.0 Å². The number of ether oxygens (including phenoxy) is 3. The first-order valence-corrected chi connectivity index (χ1v) is 14.0. The highest BCUT2D eigenvalue weighted by Gasteiger charge is 2.32. The third-order valence-electron chi connectivity index (χ3n) is 6.52. The van der Waals surface area contributed by atoms with Gasteiger partial charge in [-0.2, -0.15) is 4.31 Å². The van der Waals surface area contributed by atoms with Gasteiger partial charge in [-0.25, -0.2) is 8.42 Å². The van der Waals surface area contributed by atoms with Crippen molar-refractivity contribution in [3.63, 3.8) is 0 Å². The first-order valence-electron chi connectivity index (χ1n) is 12.2. The number of benzene rings is 3. The highest BCUT2D eigenvalue weighted by atomic mass is 35.5. The molecular weight excluding hydrogens is 512 g/mol. The van der Waals surface area contributed by atoms with E-state index in [1.165, 1.54) is 11.4 Å². The van der Waals surface area contributed by atoms with Crippen LogP contribution in [0.15, 0.2) is 71.6 Å². The Hall–Kier alpha value is -2.62. The van der Waals surface area contributed by atoms with E-state index in [0.29, 0.717) is 50.1 Å². The van der Waals surface area contributed by atoms with E-state index in [2.05, 4.69) is 4.90 Å². The summed E-state index contributed by atoms with van der Waals surface area (Å²) >= 11 is 6.12. The molecule has 0 spiro atoms. The topological polar surface area (TPSA) is 68.3 Å². The molecule has 1 atom stereocenters. The minimum atomic E-state index is -3.67. The third-order valence-corrected chi connectivity index (χ3v) is 8.69. The fourth-order valence-corrected chi connectivity index (χ4v) is 6.19. The summed E-state index contributed by atoms with van der Waals surface area (Å²) in [6.45, 7) is 4.91. The van der Waals surface area contributed by atoms with Gasteiger partial charge < -0.3 is 14.2 Å².